The highest BCUT2D eigenvalue weighted by Crippen LogP contribution is 2.36. The summed E-state index contributed by atoms with van der Waals surface area (Å²) in [4.78, 5) is 0. The van der Waals surface area contributed by atoms with Crippen molar-refractivity contribution < 1.29 is 5.11 Å². The zero-order chi connectivity index (χ0) is 13.7. The fourth-order valence-electron chi connectivity index (χ4n) is 2.76. The molecule has 1 fully saturated rings. The van der Waals surface area contributed by atoms with Crippen LogP contribution in [-0.4, -0.2) is 18.3 Å². The minimum Gasteiger partial charge on any atom is -0.396 e. The minimum absolute atomic E-state index is 0.0205. The predicted molar refractivity (Wildman–Crippen MR) is 80.0 cm³/mol. The van der Waals surface area contributed by atoms with Crippen LogP contribution in [0.25, 0.3) is 0 Å². The van der Waals surface area contributed by atoms with Crippen molar-refractivity contribution in [1.29, 1.82) is 5.26 Å². The molecule has 0 unspecified atom stereocenters. The lowest BCUT2D eigenvalue weighted by Crippen LogP contribution is -2.35. The molecule has 1 aromatic rings. The third kappa shape index (κ3) is 3.29. The zero-order valence-corrected chi connectivity index (χ0v) is 12.5. The van der Waals surface area contributed by atoms with Gasteiger partial charge in [-0.1, -0.05) is 25.3 Å². The number of nitriles is 1. The third-order valence-corrected chi connectivity index (χ3v) is 4.69. The number of hydrogen-bond acceptors (Lipinski definition) is 3. The van der Waals surface area contributed by atoms with Crippen molar-refractivity contribution in [3.8, 4) is 6.07 Å². The van der Waals surface area contributed by atoms with E-state index in [1.165, 1.54) is 19.3 Å². The summed E-state index contributed by atoms with van der Waals surface area (Å²) >= 11 is 3.39. The van der Waals surface area contributed by atoms with Gasteiger partial charge in [-0.25, -0.2) is 0 Å². The van der Waals surface area contributed by atoms with Crippen molar-refractivity contribution in [2.75, 3.05) is 18.5 Å². The highest BCUT2D eigenvalue weighted by Gasteiger charge is 2.31. The molecule has 0 bridgehead atoms. The summed E-state index contributed by atoms with van der Waals surface area (Å²) in [7, 11) is 0. The average Bonchev–Trinajstić information content (AvgIpc) is 2.46. The number of aliphatic hydroxyl groups excluding tert-OH is 1. The first-order chi connectivity index (χ1) is 9.21. The van der Waals surface area contributed by atoms with Gasteiger partial charge in [0, 0.05) is 16.4 Å². The molecule has 0 spiro atoms. The molecule has 102 valence electrons. The maximum atomic E-state index is 9.69. The number of benzene rings is 1. The summed E-state index contributed by atoms with van der Waals surface area (Å²) in [6.07, 6.45) is 5.76. The Labute approximate surface area is 122 Å². The topological polar surface area (TPSA) is 56.0 Å². The van der Waals surface area contributed by atoms with Gasteiger partial charge in [-0.2, -0.15) is 5.26 Å². The molecule has 0 aromatic heterocycles. The van der Waals surface area contributed by atoms with E-state index < -0.39 is 0 Å². The molecule has 0 heterocycles. The number of anilines is 1. The van der Waals surface area contributed by atoms with Gasteiger partial charge in [-0.15, -0.1) is 0 Å². The molecule has 0 atom stereocenters. The molecule has 0 amide bonds. The van der Waals surface area contributed by atoms with E-state index in [0.717, 1.165) is 29.5 Å². The Kier molecular flexibility index (Phi) is 4.84. The summed E-state index contributed by atoms with van der Waals surface area (Å²) in [6, 6.07) is 7.91. The Bertz CT molecular complexity index is 476. The maximum Gasteiger partial charge on any atom is 0.103 e. The second-order valence-corrected chi connectivity index (χ2v) is 6.20. The number of halogens is 1. The Morgan fingerprint density at radius 2 is 2.05 bits per heavy atom. The largest absolute Gasteiger partial charge is 0.396 e. The summed E-state index contributed by atoms with van der Waals surface area (Å²) in [6.45, 7) is 0.949. The van der Waals surface area contributed by atoms with Gasteiger partial charge in [-0.05, 0) is 40.9 Å². The molecular formula is C15H19BrN2O. The molecule has 0 radical (unpaired) electrons. The molecule has 1 aliphatic carbocycles. The molecular weight excluding hydrogens is 304 g/mol. The van der Waals surface area contributed by atoms with Crippen LogP contribution in [0, 0.1) is 16.7 Å². The summed E-state index contributed by atoms with van der Waals surface area (Å²) < 4.78 is 0.807. The summed E-state index contributed by atoms with van der Waals surface area (Å²) in [5.41, 5.74) is 1.45. The molecule has 1 aromatic carbocycles. The van der Waals surface area contributed by atoms with Crippen LogP contribution in [0.1, 0.15) is 37.7 Å². The van der Waals surface area contributed by atoms with E-state index in [1.54, 1.807) is 0 Å². The zero-order valence-electron chi connectivity index (χ0n) is 11.0. The first-order valence-corrected chi connectivity index (χ1v) is 7.53. The number of nitrogens with one attached hydrogen (secondary N) is 1. The first-order valence-electron chi connectivity index (χ1n) is 6.74. The highest BCUT2D eigenvalue weighted by molar-refractivity contribution is 9.10. The van der Waals surface area contributed by atoms with Crippen LogP contribution in [0.3, 0.4) is 0 Å². The van der Waals surface area contributed by atoms with Crippen molar-refractivity contribution >= 4 is 21.6 Å². The SMILES string of the molecule is N#Cc1c(Br)cccc1NCC1(CO)CCCCC1. The Hall–Kier alpha value is -1.05. The second kappa shape index (κ2) is 6.40. The first kappa shape index (κ1) is 14.4. The van der Waals surface area contributed by atoms with Crippen molar-refractivity contribution in [1.82, 2.24) is 0 Å². The Balaban J connectivity index is 2.10. The van der Waals surface area contributed by atoms with Crippen LogP contribution in [-0.2, 0) is 0 Å². The normalized spacial score (nSPS) is 17.7. The van der Waals surface area contributed by atoms with Gasteiger partial charge in [-0.3, -0.25) is 0 Å². The molecule has 19 heavy (non-hydrogen) atoms. The van der Waals surface area contributed by atoms with Gasteiger partial charge in [0.1, 0.15) is 6.07 Å². The van der Waals surface area contributed by atoms with Crippen LogP contribution in [0.2, 0.25) is 0 Å². The molecule has 1 saturated carbocycles. The van der Waals surface area contributed by atoms with Gasteiger partial charge < -0.3 is 10.4 Å². The van der Waals surface area contributed by atoms with Gasteiger partial charge in [0.2, 0.25) is 0 Å². The number of rotatable bonds is 4. The monoisotopic (exact) mass is 322 g/mol. The molecule has 0 aliphatic heterocycles. The minimum atomic E-state index is -0.0205. The van der Waals surface area contributed by atoms with E-state index in [9.17, 15) is 10.4 Å². The lowest BCUT2D eigenvalue weighted by molar-refractivity contribution is 0.0944. The van der Waals surface area contributed by atoms with Crippen molar-refractivity contribution in [2.45, 2.75) is 32.1 Å². The summed E-state index contributed by atoms with van der Waals surface area (Å²) in [5, 5.41) is 22.2. The van der Waals surface area contributed by atoms with E-state index in [2.05, 4.69) is 27.3 Å². The van der Waals surface area contributed by atoms with Crippen LogP contribution in [0.4, 0.5) is 5.69 Å². The third-order valence-electron chi connectivity index (χ3n) is 4.03. The average molecular weight is 323 g/mol. The van der Waals surface area contributed by atoms with Gasteiger partial charge in [0.05, 0.1) is 17.9 Å². The van der Waals surface area contributed by atoms with Gasteiger partial charge in [0.15, 0.2) is 0 Å². The number of hydrogen-bond donors (Lipinski definition) is 2. The fraction of sp³-hybridized carbons (Fsp3) is 0.533. The Morgan fingerprint density at radius 1 is 1.32 bits per heavy atom. The number of nitrogens with zero attached hydrogens (tertiary/aromatic N) is 1. The molecule has 0 saturated heterocycles. The highest BCUT2D eigenvalue weighted by atomic mass is 79.9. The van der Waals surface area contributed by atoms with E-state index in [4.69, 9.17) is 0 Å². The molecule has 1 aliphatic rings. The molecule has 2 N–H and O–H groups in total. The smallest absolute Gasteiger partial charge is 0.103 e. The standard InChI is InChI=1S/C15H19BrN2O/c16-13-5-4-6-14(12(13)9-17)18-10-15(11-19)7-2-1-3-8-15/h4-6,18-19H,1-3,7-8,10-11H2. The molecule has 2 rings (SSSR count). The Morgan fingerprint density at radius 3 is 2.68 bits per heavy atom. The van der Waals surface area contributed by atoms with Crippen molar-refractivity contribution in [2.24, 2.45) is 5.41 Å². The predicted octanol–water partition coefficient (Wildman–Crippen LogP) is 3.68. The lowest BCUT2D eigenvalue weighted by atomic mass is 9.74. The molecule has 3 nitrogen and oxygen atoms in total. The fourth-order valence-corrected chi connectivity index (χ4v) is 3.22. The van der Waals surface area contributed by atoms with E-state index in [1.807, 2.05) is 18.2 Å². The van der Waals surface area contributed by atoms with Crippen LogP contribution in [0.5, 0.6) is 0 Å². The number of aliphatic hydroxyl groups is 1. The van der Waals surface area contributed by atoms with E-state index in [-0.39, 0.29) is 12.0 Å². The maximum absolute atomic E-state index is 9.69. The molecule has 4 heteroatoms. The van der Waals surface area contributed by atoms with E-state index >= 15 is 0 Å². The van der Waals surface area contributed by atoms with Crippen LogP contribution < -0.4 is 5.32 Å². The van der Waals surface area contributed by atoms with Gasteiger partial charge in [0.25, 0.3) is 0 Å². The summed E-state index contributed by atoms with van der Waals surface area (Å²) in [5.74, 6) is 0. The van der Waals surface area contributed by atoms with Crippen molar-refractivity contribution in [3.05, 3.63) is 28.2 Å². The van der Waals surface area contributed by atoms with E-state index in [0.29, 0.717) is 5.56 Å². The van der Waals surface area contributed by atoms with Crippen LogP contribution in [0.15, 0.2) is 22.7 Å². The second-order valence-electron chi connectivity index (χ2n) is 5.35. The quantitative estimate of drug-likeness (QED) is 0.889. The van der Waals surface area contributed by atoms with Gasteiger partial charge >= 0.3 is 0 Å². The van der Waals surface area contributed by atoms with Crippen molar-refractivity contribution in [3.63, 3.8) is 0 Å². The van der Waals surface area contributed by atoms with Crippen LogP contribution >= 0.6 is 15.9 Å². The lowest BCUT2D eigenvalue weighted by Gasteiger charge is -2.36.